The van der Waals surface area contributed by atoms with Crippen molar-refractivity contribution in [3.05, 3.63) is 35.4 Å². The lowest BCUT2D eigenvalue weighted by atomic mass is 10.1. The lowest BCUT2D eigenvalue weighted by molar-refractivity contribution is -0.145. The Morgan fingerprint density at radius 3 is 2.83 bits per heavy atom. The summed E-state index contributed by atoms with van der Waals surface area (Å²) in [7, 11) is 1.36. The zero-order valence-corrected chi connectivity index (χ0v) is 10.7. The number of hydrogen-bond acceptors (Lipinski definition) is 3. The van der Waals surface area contributed by atoms with Crippen molar-refractivity contribution in [2.45, 2.75) is 19.9 Å². The van der Waals surface area contributed by atoms with E-state index in [0.29, 0.717) is 13.1 Å². The molecule has 1 aromatic carbocycles. The quantitative estimate of drug-likeness (QED) is 0.761. The number of carbonyl (C=O) groups excluding carboxylic acids is 2. The van der Waals surface area contributed by atoms with Crippen LogP contribution in [0.15, 0.2) is 24.3 Å². The van der Waals surface area contributed by atoms with Crippen LogP contribution in [0.2, 0.25) is 0 Å². The maximum atomic E-state index is 11.8. The molecule has 1 aromatic rings. The molecule has 1 saturated heterocycles. The second-order valence-corrected chi connectivity index (χ2v) is 4.62. The van der Waals surface area contributed by atoms with Gasteiger partial charge in [0.1, 0.15) is 0 Å². The number of esters is 1. The topological polar surface area (TPSA) is 46.6 Å². The van der Waals surface area contributed by atoms with Gasteiger partial charge >= 0.3 is 5.97 Å². The van der Waals surface area contributed by atoms with Gasteiger partial charge in [0.15, 0.2) is 0 Å². The Labute approximate surface area is 107 Å². The monoisotopic (exact) mass is 247 g/mol. The summed E-state index contributed by atoms with van der Waals surface area (Å²) in [6, 6.07) is 7.96. The Balaban J connectivity index is 2.05. The largest absolute Gasteiger partial charge is 0.469 e. The highest BCUT2D eigenvalue weighted by Crippen LogP contribution is 2.22. The zero-order chi connectivity index (χ0) is 13.1. The minimum atomic E-state index is -0.313. The number of methoxy groups -OCH3 is 1. The fourth-order valence-corrected chi connectivity index (χ4v) is 2.24. The molecular formula is C14H17NO3. The first-order valence-electron chi connectivity index (χ1n) is 6.02. The number of amides is 1. The molecule has 1 fully saturated rings. The molecule has 0 bridgehead atoms. The summed E-state index contributed by atoms with van der Waals surface area (Å²) in [5.74, 6) is -0.587. The van der Waals surface area contributed by atoms with Crippen molar-refractivity contribution in [2.75, 3.05) is 13.7 Å². The van der Waals surface area contributed by atoms with Crippen LogP contribution < -0.4 is 0 Å². The predicted octanol–water partition coefficient (Wildman–Crippen LogP) is 1.52. The van der Waals surface area contributed by atoms with Gasteiger partial charge in [-0.25, -0.2) is 0 Å². The van der Waals surface area contributed by atoms with Crippen LogP contribution in [0.4, 0.5) is 0 Å². The van der Waals surface area contributed by atoms with Crippen LogP contribution >= 0.6 is 0 Å². The molecule has 0 N–H and O–H groups in total. The lowest BCUT2D eigenvalue weighted by Crippen LogP contribution is -2.26. The standard InChI is InChI=1S/C14H17NO3/c1-10-5-3-4-6-11(10)8-15-9-12(7-13(15)16)14(17)18-2/h3-6,12H,7-9H2,1-2H3. The van der Waals surface area contributed by atoms with Crippen molar-refractivity contribution in [3.63, 3.8) is 0 Å². The number of benzene rings is 1. The van der Waals surface area contributed by atoms with E-state index >= 15 is 0 Å². The third-order valence-corrected chi connectivity index (χ3v) is 3.37. The van der Waals surface area contributed by atoms with Gasteiger partial charge in [0.05, 0.1) is 13.0 Å². The van der Waals surface area contributed by atoms with Crippen LogP contribution in [-0.2, 0) is 20.9 Å². The first-order chi connectivity index (χ1) is 8.61. The molecule has 18 heavy (non-hydrogen) atoms. The van der Waals surface area contributed by atoms with Gasteiger partial charge in [-0.1, -0.05) is 24.3 Å². The zero-order valence-electron chi connectivity index (χ0n) is 10.7. The lowest BCUT2D eigenvalue weighted by Gasteiger charge is -2.17. The Hall–Kier alpha value is -1.84. The summed E-state index contributed by atoms with van der Waals surface area (Å²) in [6.45, 7) is 3.05. The van der Waals surface area contributed by atoms with Crippen molar-refractivity contribution < 1.29 is 14.3 Å². The Bertz CT molecular complexity index is 470. The molecule has 1 heterocycles. The molecule has 0 radical (unpaired) electrons. The average Bonchev–Trinajstić information content (AvgIpc) is 2.73. The van der Waals surface area contributed by atoms with E-state index < -0.39 is 0 Å². The molecule has 1 aliphatic rings. The van der Waals surface area contributed by atoms with Crippen molar-refractivity contribution in [1.82, 2.24) is 4.90 Å². The molecule has 1 unspecified atom stereocenters. The summed E-state index contributed by atoms with van der Waals surface area (Å²) in [4.78, 5) is 25.0. The molecule has 0 saturated carbocycles. The van der Waals surface area contributed by atoms with E-state index in [-0.39, 0.29) is 24.2 Å². The Morgan fingerprint density at radius 2 is 2.17 bits per heavy atom. The van der Waals surface area contributed by atoms with Crippen LogP contribution in [-0.4, -0.2) is 30.4 Å². The van der Waals surface area contributed by atoms with Crippen molar-refractivity contribution in [3.8, 4) is 0 Å². The van der Waals surface area contributed by atoms with Gasteiger partial charge < -0.3 is 9.64 Å². The van der Waals surface area contributed by atoms with Crippen molar-refractivity contribution >= 4 is 11.9 Å². The van der Waals surface area contributed by atoms with Crippen LogP contribution in [0.1, 0.15) is 17.5 Å². The van der Waals surface area contributed by atoms with E-state index in [4.69, 9.17) is 0 Å². The maximum absolute atomic E-state index is 11.8. The van der Waals surface area contributed by atoms with Crippen molar-refractivity contribution in [1.29, 1.82) is 0 Å². The number of rotatable bonds is 3. The highest BCUT2D eigenvalue weighted by molar-refractivity contribution is 5.86. The molecule has 0 aliphatic carbocycles. The molecule has 1 aliphatic heterocycles. The number of hydrogen-bond donors (Lipinski definition) is 0. The number of nitrogens with zero attached hydrogens (tertiary/aromatic N) is 1. The number of carbonyl (C=O) groups is 2. The van der Waals surface area contributed by atoms with E-state index in [1.807, 2.05) is 31.2 Å². The Morgan fingerprint density at radius 1 is 1.44 bits per heavy atom. The fraction of sp³-hybridized carbons (Fsp3) is 0.429. The van der Waals surface area contributed by atoms with E-state index in [1.165, 1.54) is 7.11 Å². The average molecular weight is 247 g/mol. The second kappa shape index (κ2) is 5.21. The highest BCUT2D eigenvalue weighted by Gasteiger charge is 2.34. The van der Waals surface area contributed by atoms with Gasteiger partial charge in [0.25, 0.3) is 0 Å². The number of aryl methyl sites for hydroxylation is 1. The number of likely N-dealkylation sites (tertiary alicyclic amines) is 1. The Kier molecular flexibility index (Phi) is 3.65. The summed E-state index contributed by atoms with van der Waals surface area (Å²) >= 11 is 0. The summed E-state index contributed by atoms with van der Waals surface area (Å²) < 4.78 is 4.69. The minimum absolute atomic E-state index is 0.0219. The van der Waals surface area contributed by atoms with Crippen LogP contribution in [0.5, 0.6) is 0 Å². The predicted molar refractivity (Wildman–Crippen MR) is 66.7 cm³/mol. The van der Waals surface area contributed by atoms with E-state index in [9.17, 15) is 9.59 Å². The first-order valence-corrected chi connectivity index (χ1v) is 6.02. The summed E-state index contributed by atoms with van der Waals surface area (Å²) in [5, 5.41) is 0. The minimum Gasteiger partial charge on any atom is -0.469 e. The van der Waals surface area contributed by atoms with Crippen molar-refractivity contribution in [2.24, 2.45) is 5.92 Å². The molecule has 1 amide bonds. The van der Waals surface area contributed by atoms with Gasteiger partial charge in [0, 0.05) is 19.5 Å². The molecule has 4 nitrogen and oxygen atoms in total. The molecule has 4 heteroatoms. The van der Waals surface area contributed by atoms with Crippen LogP contribution in [0, 0.1) is 12.8 Å². The third-order valence-electron chi connectivity index (χ3n) is 3.37. The van der Waals surface area contributed by atoms with E-state index in [1.54, 1.807) is 4.90 Å². The molecule has 1 atom stereocenters. The fourth-order valence-electron chi connectivity index (χ4n) is 2.24. The molecule has 0 spiro atoms. The van der Waals surface area contributed by atoms with Gasteiger partial charge in [-0.15, -0.1) is 0 Å². The molecule has 96 valence electrons. The molecule has 2 rings (SSSR count). The summed E-state index contributed by atoms with van der Waals surface area (Å²) in [5.41, 5.74) is 2.28. The van der Waals surface area contributed by atoms with Gasteiger partial charge in [-0.3, -0.25) is 9.59 Å². The maximum Gasteiger partial charge on any atom is 0.310 e. The first kappa shape index (κ1) is 12.6. The highest BCUT2D eigenvalue weighted by atomic mass is 16.5. The van der Waals surface area contributed by atoms with Crippen LogP contribution in [0.25, 0.3) is 0 Å². The number of ether oxygens (including phenoxy) is 1. The van der Waals surface area contributed by atoms with Gasteiger partial charge in [-0.2, -0.15) is 0 Å². The third kappa shape index (κ3) is 2.53. The van der Waals surface area contributed by atoms with Gasteiger partial charge in [-0.05, 0) is 18.1 Å². The smallest absolute Gasteiger partial charge is 0.310 e. The summed E-state index contributed by atoms with van der Waals surface area (Å²) in [6.07, 6.45) is 0.262. The normalized spacial score (nSPS) is 19.1. The molecular weight excluding hydrogens is 230 g/mol. The van der Waals surface area contributed by atoms with E-state index in [0.717, 1.165) is 11.1 Å². The molecule has 0 aromatic heterocycles. The van der Waals surface area contributed by atoms with Crippen LogP contribution in [0.3, 0.4) is 0 Å². The SMILES string of the molecule is COC(=O)C1CC(=O)N(Cc2ccccc2C)C1. The van der Waals surface area contributed by atoms with Gasteiger partial charge in [0.2, 0.25) is 5.91 Å². The van der Waals surface area contributed by atoms with E-state index in [2.05, 4.69) is 4.74 Å². The second-order valence-electron chi connectivity index (χ2n) is 4.62.